The highest BCUT2D eigenvalue weighted by Crippen LogP contribution is 2.24. The molecule has 0 N–H and O–H groups in total. The van der Waals surface area contributed by atoms with Crippen LogP contribution in [0.25, 0.3) is 0 Å². The molecule has 1 aromatic carbocycles. The average molecular weight is 348 g/mol. The Kier molecular flexibility index (Phi) is 6.56. The van der Waals surface area contributed by atoms with E-state index in [2.05, 4.69) is 0 Å². The van der Waals surface area contributed by atoms with Gasteiger partial charge in [-0.2, -0.15) is 0 Å². The molecular weight excluding hydrogens is 324 g/mol. The van der Waals surface area contributed by atoms with Crippen molar-refractivity contribution >= 4 is 17.9 Å². The van der Waals surface area contributed by atoms with Crippen molar-refractivity contribution in [3.63, 3.8) is 0 Å². The normalized spacial score (nSPS) is 24.6. The van der Waals surface area contributed by atoms with Crippen molar-refractivity contribution in [2.75, 3.05) is 6.61 Å². The Labute approximate surface area is 147 Å². The summed E-state index contributed by atoms with van der Waals surface area (Å²) in [5.41, 5.74) is 0.910. The van der Waals surface area contributed by atoms with Crippen molar-refractivity contribution in [1.29, 1.82) is 0 Å². The second kappa shape index (κ2) is 8.65. The first kappa shape index (κ1) is 19.0. The molecule has 0 saturated carbocycles. The van der Waals surface area contributed by atoms with Crippen molar-refractivity contribution in [2.24, 2.45) is 11.8 Å². The first-order valence-electron chi connectivity index (χ1n) is 8.49. The molecule has 2 rings (SSSR count). The van der Waals surface area contributed by atoms with Crippen LogP contribution in [0.5, 0.6) is 0 Å². The maximum Gasteiger partial charge on any atom is 0.313 e. The monoisotopic (exact) mass is 348 g/mol. The SMILES string of the molecule is CC(C)C(=O)OC1[C@H](C)OC(=O)CCOC(=O)[C@@H]1Cc1ccccc1. The van der Waals surface area contributed by atoms with Gasteiger partial charge in [0.2, 0.25) is 0 Å². The van der Waals surface area contributed by atoms with Crippen LogP contribution in [0, 0.1) is 11.8 Å². The number of benzene rings is 1. The maximum absolute atomic E-state index is 12.6. The minimum Gasteiger partial charge on any atom is -0.465 e. The van der Waals surface area contributed by atoms with Gasteiger partial charge in [0.15, 0.2) is 6.10 Å². The molecule has 25 heavy (non-hydrogen) atoms. The predicted molar refractivity (Wildman–Crippen MR) is 89.5 cm³/mol. The van der Waals surface area contributed by atoms with Gasteiger partial charge in [0, 0.05) is 0 Å². The summed E-state index contributed by atoms with van der Waals surface area (Å²) >= 11 is 0. The van der Waals surface area contributed by atoms with E-state index >= 15 is 0 Å². The molecule has 136 valence electrons. The molecule has 1 aromatic rings. The van der Waals surface area contributed by atoms with E-state index in [0.29, 0.717) is 6.42 Å². The third kappa shape index (κ3) is 5.31. The zero-order valence-electron chi connectivity index (χ0n) is 14.8. The van der Waals surface area contributed by atoms with Gasteiger partial charge >= 0.3 is 17.9 Å². The second-order valence-electron chi connectivity index (χ2n) is 6.46. The van der Waals surface area contributed by atoms with Crippen LogP contribution >= 0.6 is 0 Å². The molecule has 3 atom stereocenters. The van der Waals surface area contributed by atoms with Gasteiger partial charge in [-0.25, -0.2) is 0 Å². The first-order chi connectivity index (χ1) is 11.9. The van der Waals surface area contributed by atoms with Gasteiger partial charge in [0.05, 0.1) is 12.3 Å². The average Bonchev–Trinajstić information content (AvgIpc) is 2.61. The Hall–Kier alpha value is -2.37. The predicted octanol–water partition coefficient (Wildman–Crippen LogP) is 2.29. The molecule has 0 aromatic heterocycles. The van der Waals surface area contributed by atoms with Crippen LogP contribution in [-0.4, -0.2) is 36.7 Å². The summed E-state index contributed by atoms with van der Waals surface area (Å²) < 4.78 is 16.1. The van der Waals surface area contributed by atoms with Crippen LogP contribution in [-0.2, 0) is 35.0 Å². The minimum atomic E-state index is -0.898. The Bertz CT molecular complexity index is 610. The van der Waals surface area contributed by atoms with Crippen molar-refractivity contribution < 1.29 is 28.6 Å². The first-order valence-corrected chi connectivity index (χ1v) is 8.49. The maximum atomic E-state index is 12.6. The summed E-state index contributed by atoms with van der Waals surface area (Å²) in [6, 6.07) is 9.39. The third-order valence-corrected chi connectivity index (χ3v) is 4.05. The fourth-order valence-electron chi connectivity index (χ4n) is 2.65. The summed E-state index contributed by atoms with van der Waals surface area (Å²) in [6.07, 6.45) is -1.32. The van der Waals surface area contributed by atoms with Crippen LogP contribution < -0.4 is 0 Å². The van der Waals surface area contributed by atoms with Crippen molar-refractivity contribution in [3.8, 4) is 0 Å². The third-order valence-electron chi connectivity index (χ3n) is 4.05. The topological polar surface area (TPSA) is 78.9 Å². The number of carbonyl (C=O) groups is 3. The molecular formula is C19H24O6. The van der Waals surface area contributed by atoms with E-state index in [9.17, 15) is 14.4 Å². The number of ether oxygens (including phenoxy) is 3. The van der Waals surface area contributed by atoms with Gasteiger partial charge in [0.25, 0.3) is 0 Å². The molecule has 1 heterocycles. The minimum absolute atomic E-state index is 0.0149. The highest BCUT2D eigenvalue weighted by atomic mass is 16.6. The number of hydrogen-bond acceptors (Lipinski definition) is 6. The van der Waals surface area contributed by atoms with Crippen molar-refractivity contribution in [1.82, 2.24) is 0 Å². The van der Waals surface area contributed by atoms with Gasteiger partial charge in [-0.05, 0) is 18.9 Å². The van der Waals surface area contributed by atoms with Crippen LogP contribution in [0.15, 0.2) is 30.3 Å². The van der Waals surface area contributed by atoms with Crippen LogP contribution in [0.1, 0.15) is 32.8 Å². The fraction of sp³-hybridized carbons (Fsp3) is 0.526. The molecule has 0 bridgehead atoms. The van der Waals surface area contributed by atoms with E-state index < -0.39 is 36.0 Å². The smallest absolute Gasteiger partial charge is 0.313 e. The number of cyclic esters (lactones) is 2. The summed E-state index contributed by atoms with van der Waals surface area (Å²) in [7, 11) is 0. The summed E-state index contributed by atoms with van der Waals surface area (Å²) in [4.78, 5) is 36.5. The van der Waals surface area contributed by atoms with E-state index in [4.69, 9.17) is 14.2 Å². The highest BCUT2D eigenvalue weighted by Gasteiger charge is 2.40. The van der Waals surface area contributed by atoms with Gasteiger partial charge in [-0.1, -0.05) is 44.2 Å². The molecule has 0 aliphatic carbocycles. The highest BCUT2D eigenvalue weighted by molar-refractivity contribution is 5.77. The van der Waals surface area contributed by atoms with Crippen LogP contribution in [0.4, 0.5) is 0 Å². The largest absolute Gasteiger partial charge is 0.465 e. The number of esters is 3. The van der Waals surface area contributed by atoms with Crippen LogP contribution in [0.3, 0.4) is 0 Å². The van der Waals surface area contributed by atoms with Crippen molar-refractivity contribution in [2.45, 2.75) is 45.8 Å². The lowest BCUT2D eigenvalue weighted by Crippen LogP contribution is -2.43. The van der Waals surface area contributed by atoms with E-state index in [1.54, 1.807) is 20.8 Å². The molecule has 6 heteroatoms. The van der Waals surface area contributed by atoms with E-state index in [0.717, 1.165) is 5.56 Å². The summed E-state index contributed by atoms with van der Waals surface area (Å²) in [5, 5.41) is 0. The summed E-state index contributed by atoms with van der Waals surface area (Å²) in [6.45, 7) is 5.00. The van der Waals surface area contributed by atoms with Gasteiger partial charge in [-0.15, -0.1) is 0 Å². The molecule has 1 fully saturated rings. The number of hydrogen-bond donors (Lipinski definition) is 0. The molecule has 0 spiro atoms. The van der Waals surface area contributed by atoms with E-state index in [1.165, 1.54) is 0 Å². The molecule has 0 amide bonds. The Balaban J connectivity index is 2.31. The number of carbonyl (C=O) groups excluding carboxylic acids is 3. The lowest BCUT2D eigenvalue weighted by atomic mass is 9.91. The fourth-order valence-corrected chi connectivity index (χ4v) is 2.65. The van der Waals surface area contributed by atoms with Crippen LogP contribution in [0.2, 0.25) is 0 Å². The Morgan fingerprint density at radius 1 is 1.24 bits per heavy atom. The molecule has 0 radical (unpaired) electrons. The van der Waals surface area contributed by atoms with Gasteiger partial charge in [-0.3, -0.25) is 14.4 Å². The number of rotatable bonds is 4. The zero-order valence-corrected chi connectivity index (χ0v) is 14.8. The molecule has 6 nitrogen and oxygen atoms in total. The van der Waals surface area contributed by atoms with E-state index in [1.807, 2.05) is 30.3 Å². The van der Waals surface area contributed by atoms with Gasteiger partial charge < -0.3 is 14.2 Å². The standard InChI is InChI=1S/C19H24O6/c1-12(2)18(21)25-17-13(3)24-16(20)9-10-23-19(22)15(17)11-14-7-5-4-6-8-14/h4-8,12-13,15,17H,9-11H2,1-3H3/t13-,15+,17?/m0/s1. The zero-order chi connectivity index (χ0) is 18.4. The van der Waals surface area contributed by atoms with Gasteiger partial charge in [0.1, 0.15) is 18.6 Å². The Morgan fingerprint density at radius 2 is 1.92 bits per heavy atom. The molecule has 1 saturated heterocycles. The molecule has 1 aliphatic heterocycles. The lowest BCUT2D eigenvalue weighted by molar-refractivity contribution is -0.176. The Morgan fingerprint density at radius 3 is 2.56 bits per heavy atom. The second-order valence-corrected chi connectivity index (χ2v) is 6.46. The lowest BCUT2D eigenvalue weighted by Gasteiger charge is -2.29. The molecule has 1 unspecified atom stereocenters. The van der Waals surface area contributed by atoms with E-state index in [-0.39, 0.29) is 18.9 Å². The molecule has 1 aliphatic rings. The summed E-state index contributed by atoms with van der Waals surface area (Å²) in [5.74, 6) is -2.52. The quantitative estimate of drug-likeness (QED) is 0.614. The van der Waals surface area contributed by atoms with Crippen molar-refractivity contribution in [3.05, 3.63) is 35.9 Å².